The third kappa shape index (κ3) is 3.18. The van der Waals surface area contributed by atoms with Gasteiger partial charge in [-0.25, -0.2) is 5.43 Å². The molecule has 0 radical (unpaired) electrons. The fourth-order valence-corrected chi connectivity index (χ4v) is 2.39. The molecule has 0 aliphatic heterocycles. The minimum Gasteiger partial charge on any atom is -0.506 e. The number of non-ortho nitro benzene ring substituents is 1. The van der Waals surface area contributed by atoms with Crippen LogP contribution in [0.2, 0.25) is 0 Å². The Hall–Kier alpha value is -3.68. The number of aromatic hydroxyl groups is 1. The van der Waals surface area contributed by atoms with Gasteiger partial charge in [-0.05, 0) is 24.6 Å². The zero-order valence-corrected chi connectivity index (χ0v) is 13.1. The fraction of sp³-hybridized carbons (Fsp3) is 0.0588. The number of nitrogens with one attached hydrogen (secondary N) is 1. The molecule has 0 aliphatic carbocycles. The van der Waals surface area contributed by atoms with Crippen LogP contribution in [0.25, 0.3) is 11.0 Å². The topological polar surface area (TPSA) is 118 Å². The fourth-order valence-electron chi connectivity index (χ4n) is 2.39. The highest BCUT2D eigenvalue weighted by Crippen LogP contribution is 2.32. The summed E-state index contributed by atoms with van der Waals surface area (Å²) in [5, 5.41) is 25.2. The zero-order chi connectivity index (χ0) is 18.0. The molecule has 126 valence electrons. The normalized spacial score (nSPS) is 11.1. The number of hydrazone groups is 1. The smallest absolute Gasteiger partial charge is 0.275 e. The Bertz CT molecular complexity index is 1010. The first-order chi connectivity index (χ1) is 12.0. The molecule has 0 saturated heterocycles. The van der Waals surface area contributed by atoms with Crippen LogP contribution in [0.3, 0.4) is 0 Å². The maximum Gasteiger partial charge on any atom is 0.275 e. The number of nitro groups is 1. The Kier molecular flexibility index (Phi) is 4.17. The zero-order valence-electron chi connectivity index (χ0n) is 13.1. The Balaban J connectivity index is 1.79. The number of nitrogens with zero attached hydrogens (tertiary/aromatic N) is 2. The summed E-state index contributed by atoms with van der Waals surface area (Å²) in [4.78, 5) is 22.4. The number of phenolic OH excluding ortho intramolecular Hbond substituents is 1. The number of hydrogen-bond acceptors (Lipinski definition) is 6. The number of fused-ring (bicyclic) bond motifs is 1. The molecule has 0 aliphatic rings. The van der Waals surface area contributed by atoms with Crippen molar-refractivity contribution in [3.63, 3.8) is 0 Å². The molecule has 3 aromatic rings. The minimum atomic E-state index is -0.610. The summed E-state index contributed by atoms with van der Waals surface area (Å²) < 4.78 is 5.26. The molecule has 0 unspecified atom stereocenters. The molecule has 25 heavy (non-hydrogen) atoms. The summed E-state index contributed by atoms with van der Waals surface area (Å²) in [7, 11) is 0. The van der Waals surface area contributed by atoms with E-state index in [1.165, 1.54) is 36.7 Å². The SMILES string of the molecule is Cc1coc2ccc(C(=O)NN=Cc3cccc([N+](=O)[O-])c3)c(O)c12. The number of nitro benzene ring substituents is 1. The standard InChI is InChI=1S/C17H13N3O5/c1-10-9-25-14-6-5-13(16(21)15(10)14)17(22)19-18-8-11-3-2-4-12(7-11)20(23)24/h2-9,21H,1H3,(H,19,22). The first kappa shape index (κ1) is 16.2. The number of rotatable bonds is 4. The van der Waals surface area contributed by atoms with E-state index < -0.39 is 10.8 Å². The van der Waals surface area contributed by atoms with Crippen LogP contribution in [-0.4, -0.2) is 22.2 Å². The molecule has 8 nitrogen and oxygen atoms in total. The van der Waals surface area contributed by atoms with E-state index in [4.69, 9.17) is 4.42 Å². The minimum absolute atomic E-state index is 0.0493. The first-order valence-corrected chi connectivity index (χ1v) is 7.25. The third-order valence-electron chi connectivity index (χ3n) is 3.60. The average molecular weight is 339 g/mol. The van der Waals surface area contributed by atoms with Gasteiger partial charge in [0.2, 0.25) is 0 Å². The molecule has 8 heteroatoms. The highest BCUT2D eigenvalue weighted by molar-refractivity contribution is 6.03. The molecule has 0 bridgehead atoms. The largest absolute Gasteiger partial charge is 0.506 e. The van der Waals surface area contributed by atoms with E-state index >= 15 is 0 Å². The van der Waals surface area contributed by atoms with Gasteiger partial charge in [-0.15, -0.1) is 0 Å². The number of phenols is 1. The monoisotopic (exact) mass is 339 g/mol. The van der Waals surface area contributed by atoms with Gasteiger partial charge < -0.3 is 9.52 Å². The highest BCUT2D eigenvalue weighted by atomic mass is 16.6. The van der Waals surface area contributed by atoms with Crippen LogP contribution < -0.4 is 5.43 Å². The number of hydrogen-bond donors (Lipinski definition) is 2. The van der Waals surface area contributed by atoms with Crippen molar-refractivity contribution < 1.29 is 19.2 Å². The van der Waals surface area contributed by atoms with Crippen molar-refractivity contribution in [1.82, 2.24) is 5.43 Å². The van der Waals surface area contributed by atoms with Crippen LogP contribution in [0.15, 0.2) is 52.2 Å². The predicted molar refractivity (Wildman–Crippen MR) is 90.8 cm³/mol. The van der Waals surface area contributed by atoms with Gasteiger partial charge >= 0.3 is 0 Å². The van der Waals surface area contributed by atoms with Gasteiger partial charge in [0.1, 0.15) is 11.3 Å². The van der Waals surface area contributed by atoms with Crippen LogP contribution in [0.4, 0.5) is 5.69 Å². The second-order valence-corrected chi connectivity index (χ2v) is 5.30. The van der Waals surface area contributed by atoms with Crippen LogP contribution in [0, 0.1) is 17.0 Å². The number of aryl methyl sites for hydroxylation is 1. The molecular weight excluding hydrogens is 326 g/mol. The van der Waals surface area contributed by atoms with Gasteiger partial charge in [0, 0.05) is 17.7 Å². The van der Waals surface area contributed by atoms with Gasteiger partial charge in [0.05, 0.1) is 28.4 Å². The van der Waals surface area contributed by atoms with Gasteiger partial charge in [-0.1, -0.05) is 12.1 Å². The van der Waals surface area contributed by atoms with Crippen LogP contribution >= 0.6 is 0 Å². The Morgan fingerprint density at radius 3 is 2.92 bits per heavy atom. The molecule has 2 aromatic carbocycles. The lowest BCUT2D eigenvalue weighted by molar-refractivity contribution is -0.384. The molecule has 1 amide bonds. The molecule has 1 aromatic heterocycles. The third-order valence-corrected chi connectivity index (χ3v) is 3.60. The predicted octanol–water partition coefficient (Wildman–Crippen LogP) is 3.12. The van der Waals surface area contributed by atoms with E-state index in [1.807, 2.05) is 0 Å². The van der Waals surface area contributed by atoms with Crippen molar-refractivity contribution in [3.8, 4) is 5.75 Å². The summed E-state index contributed by atoms with van der Waals surface area (Å²) in [6, 6.07) is 8.83. The second kappa shape index (κ2) is 6.44. The van der Waals surface area contributed by atoms with Crippen molar-refractivity contribution in [2.24, 2.45) is 5.10 Å². The van der Waals surface area contributed by atoms with Crippen molar-refractivity contribution in [1.29, 1.82) is 0 Å². The highest BCUT2D eigenvalue weighted by Gasteiger charge is 2.16. The number of carbonyl (C=O) groups excluding carboxylic acids is 1. The van der Waals surface area contributed by atoms with E-state index in [2.05, 4.69) is 10.5 Å². The summed E-state index contributed by atoms with van der Waals surface area (Å²) in [6.45, 7) is 1.76. The molecule has 2 N–H and O–H groups in total. The summed E-state index contributed by atoms with van der Waals surface area (Å²) >= 11 is 0. The van der Waals surface area contributed by atoms with Crippen molar-refractivity contribution in [2.75, 3.05) is 0 Å². The van der Waals surface area contributed by atoms with Gasteiger partial charge in [0.15, 0.2) is 0 Å². The van der Waals surface area contributed by atoms with Gasteiger partial charge in [0.25, 0.3) is 11.6 Å². The first-order valence-electron chi connectivity index (χ1n) is 7.25. The number of carbonyl (C=O) groups is 1. The lowest BCUT2D eigenvalue weighted by Gasteiger charge is -2.04. The van der Waals surface area contributed by atoms with Crippen LogP contribution in [0.5, 0.6) is 5.75 Å². The van der Waals surface area contributed by atoms with Crippen molar-refractivity contribution >= 4 is 28.8 Å². The molecule has 3 rings (SSSR count). The second-order valence-electron chi connectivity index (χ2n) is 5.30. The van der Waals surface area contributed by atoms with E-state index in [0.717, 1.165) is 0 Å². The van der Waals surface area contributed by atoms with Gasteiger partial charge in [-0.2, -0.15) is 5.10 Å². The van der Waals surface area contributed by atoms with E-state index in [9.17, 15) is 20.0 Å². The molecule has 0 saturated carbocycles. The maximum atomic E-state index is 12.2. The molecule has 1 heterocycles. The summed E-state index contributed by atoms with van der Waals surface area (Å²) in [6.07, 6.45) is 2.77. The van der Waals surface area contributed by atoms with Crippen molar-refractivity contribution in [3.05, 3.63) is 69.5 Å². The van der Waals surface area contributed by atoms with Crippen LogP contribution in [0.1, 0.15) is 21.5 Å². The maximum absolute atomic E-state index is 12.2. The van der Waals surface area contributed by atoms with Crippen molar-refractivity contribution in [2.45, 2.75) is 6.92 Å². The molecule has 0 atom stereocenters. The lowest BCUT2D eigenvalue weighted by Crippen LogP contribution is -2.17. The average Bonchev–Trinajstić information content (AvgIpc) is 2.97. The van der Waals surface area contributed by atoms with E-state index in [-0.39, 0.29) is 17.0 Å². The Morgan fingerprint density at radius 2 is 2.16 bits per heavy atom. The van der Waals surface area contributed by atoms with Crippen LogP contribution in [-0.2, 0) is 0 Å². The van der Waals surface area contributed by atoms with E-state index in [0.29, 0.717) is 22.1 Å². The van der Waals surface area contributed by atoms with Gasteiger partial charge in [-0.3, -0.25) is 14.9 Å². The number of furan rings is 1. The quantitative estimate of drug-likeness (QED) is 0.430. The molecule has 0 spiro atoms. The number of benzene rings is 2. The van der Waals surface area contributed by atoms with E-state index in [1.54, 1.807) is 19.1 Å². The Morgan fingerprint density at radius 1 is 1.36 bits per heavy atom. The summed E-state index contributed by atoms with van der Waals surface area (Å²) in [5.41, 5.74) is 3.90. The number of amides is 1. The Labute approximate surface area is 141 Å². The lowest BCUT2D eigenvalue weighted by atomic mass is 10.1. The molecule has 0 fully saturated rings. The molecular formula is C17H13N3O5. The summed E-state index contributed by atoms with van der Waals surface area (Å²) in [5.74, 6) is -0.798.